The number of ether oxygens (including phenoxy) is 1. The molecule has 4 heteroatoms. The zero-order valence-corrected chi connectivity index (χ0v) is 16.9. The predicted molar refractivity (Wildman–Crippen MR) is 104 cm³/mol. The van der Waals surface area contributed by atoms with Crippen LogP contribution >= 0.6 is 0 Å². The Morgan fingerprint density at radius 1 is 0.560 bits per heavy atom. The quantitative estimate of drug-likeness (QED) is 0.105. The van der Waals surface area contributed by atoms with Gasteiger partial charge >= 0.3 is 6.16 Å². The molecule has 0 aromatic carbocycles. The summed E-state index contributed by atoms with van der Waals surface area (Å²) in [6, 6.07) is 0. The van der Waals surface area contributed by atoms with Crippen LogP contribution in [0.15, 0.2) is 0 Å². The molecule has 0 fully saturated rings. The largest absolute Gasteiger partial charge is 0.540 e. The van der Waals surface area contributed by atoms with Gasteiger partial charge in [0.15, 0.2) is 0 Å². The predicted octanol–water partition coefficient (Wildman–Crippen LogP) is 7.35. The van der Waals surface area contributed by atoms with Crippen LogP contribution in [0.1, 0.15) is 117 Å². The molecule has 0 N–H and O–H groups in total. The molecule has 0 aliphatic rings. The summed E-state index contributed by atoms with van der Waals surface area (Å²) in [5.74, 6) is 0. The molecule has 0 aliphatic heterocycles. The van der Waals surface area contributed by atoms with Gasteiger partial charge in [-0.15, -0.1) is 0 Å². The topological polar surface area (TPSA) is 44.8 Å². The zero-order valence-electron chi connectivity index (χ0n) is 16.9. The number of unbranched alkanes of at least 4 members (excludes halogenated alkanes) is 14. The number of hydrogen-bond acceptors (Lipinski definition) is 4. The van der Waals surface area contributed by atoms with Gasteiger partial charge in [0.2, 0.25) is 0 Å². The molecule has 0 atom stereocenters. The Balaban J connectivity index is 3.13. The van der Waals surface area contributed by atoms with Crippen molar-refractivity contribution < 1.29 is 19.3 Å². The Kier molecular flexibility index (Phi) is 20.6. The Morgan fingerprint density at radius 3 is 1.44 bits per heavy atom. The Morgan fingerprint density at radius 2 is 0.960 bits per heavy atom. The molecule has 0 saturated heterocycles. The molecule has 0 aliphatic carbocycles. The smallest absolute Gasteiger partial charge is 0.432 e. The summed E-state index contributed by atoms with van der Waals surface area (Å²) in [7, 11) is 0. The van der Waals surface area contributed by atoms with Crippen LogP contribution in [-0.4, -0.2) is 19.4 Å². The first-order valence-electron chi connectivity index (χ1n) is 10.8. The van der Waals surface area contributed by atoms with Crippen molar-refractivity contribution in [3.8, 4) is 0 Å². The van der Waals surface area contributed by atoms with E-state index < -0.39 is 6.16 Å². The summed E-state index contributed by atoms with van der Waals surface area (Å²) in [4.78, 5) is 20.8. The van der Waals surface area contributed by atoms with Crippen molar-refractivity contribution >= 4 is 6.16 Å². The first kappa shape index (κ1) is 24.2. The number of carbonyl (C=O) groups excluding carboxylic acids is 1. The van der Waals surface area contributed by atoms with Crippen molar-refractivity contribution in [2.24, 2.45) is 0 Å². The van der Waals surface area contributed by atoms with E-state index in [1.807, 2.05) is 0 Å². The molecule has 0 aromatic rings. The van der Waals surface area contributed by atoms with Crippen LogP contribution in [-0.2, 0) is 14.5 Å². The third-order valence-electron chi connectivity index (χ3n) is 4.43. The average molecular weight is 359 g/mol. The maximum absolute atomic E-state index is 11.3. The molecule has 0 spiro atoms. The van der Waals surface area contributed by atoms with Crippen LogP contribution in [0.4, 0.5) is 4.79 Å². The highest BCUT2D eigenvalue weighted by Crippen LogP contribution is 2.09. The molecule has 25 heavy (non-hydrogen) atoms. The lowest BCUT2D eigenvalue weighted by molar-refractivity contribution is -0.255. The molecule has 0 heterocycles. The van der Waals surface area contributed by atoms with Gasteiger partial charge in [0, 0.05) is 0 Å². The Labute approximate surface area is 155 Å². The van der Waals surface area contributed by atoms with Gasteiger partial charge in [-0.3, -0.25) is 4.89 Å². The van der Waals surface area contributed by atoms with E-state index in [4.69, 9.17) is 9.62 Å². The molecular weight excluding hydrogens is 316 g/mol. The molecule has 0 amide bonds. The lowest BCUT2D eigenvalue weighted by atomic mass is 10.1. The van der Waals surface area contributed by atoms with Crippen LogP contribution in [0.25, 0.3) is 0 Å². The van der Waals surface area contributed by atoms with Gasteiger partial charge < -0.3 is 4.74 Å². The van der Waals surface area contributed by atoms with E-state index >= 15 is 0 Å². The third kappa shape index (κ3) is 21.2. The highest BCUT2D eigenvalue weighted by atomic mass is 17.2. The van der Waals surface area contributed by atoms with E-state index in [1.165, 1.54) is 77.0 Å². The highest BCUT2D eigenvalue weighted by Gasteiger charge is 2.04. The molecule has 4 nitrogen and oxygen atoms in total. The fourth-order valence-corrected chi connectivity index (χ4v) is 2.80. The zero-order chi connectivity index (χ0) is 18.4. The van der Waals surface area contributed by atoms with Gasteiger partial charge in [-0.1, -0.05) is 104 Å². The molecular formula is C21H42O4. The summed E-state index contributed by atoms with van der Waals surface area (Å²) < 4.78 is 4.98. The van der Waals surface area contributed by atoms with E-state index in [2.05, 4.69) is 18.7 Å². The third-order valence-corrected chi connectivity index (χ3v) is 4.43. The van der Waals surface area contributed by atoms with Crippen LogP contribution < -0.4 is 0 Å². The summed E-state index contributed by atoms with van der Waals surface area (Å²) in [5, 5.41) is 0. The van der Waals surface area contributed by atoms with Gasteiger partial charge in [-0.25, -0.2) is 4.79 Å². The van der Waals surface area contributed by atoms with Crippen LogP contribution in [0.2, 0.25) is 0 Å². The van der Waals surface area contributed by atoms with Gasteiger partial charge in [-0.2, -0.15) is 4.89 Å². The standard InChI is InChI=1S/C21H42O4/c1-3-5-7-9-11-13-15-17-19-23-21(22)25-24-20-18-16-14-12-10-8-6-4-2/h3-20H2,1-2H3. The Hall–Kier alpha value is -0.770. The second-order valence-electron chi connectivity index (χ2n) is 6.95. The van der Waals surface area contributed by atoms with Crippen molar-refractivity contribution in [2.75, 3.05) is 13.2 Å². The van der Waals surface area contributed by atoms with Crippen molar-refractivity contribution in [3.05, 3.63) is 0 Å². The fourth-order valence-electron chi connectivity index (χ4n) is 2.80. The molecule has 0 rings (SSSR count). The van der Waals surface area contributed by atoms with E-state index in [0.717, 1.165) is 25.7 Å². The van der Waals surface area contributed by atoms with E-state index in [9.17, 15) is 4.79 Å². The second-order valence-corrected chi connectivity index (χ2v) is 6.95. The normalized spacial score (nSPS) is 10.8. The highest BCUT2D eigenvalue weighted by molar-refractivity contribution is 5.58. The molecule has 0 unspecified atom stereocenters. The van der Waals surface area contributed by atoms with Crippen LogP contribution in [0.3, 0.4) is 0 Å². The summed E-state index contributed by atoms with van der Waals surface area (Å²) in [6.45, 7) is 5.35. The monoisotopic (exact) mass is 358 g/mol. The van der Waals surface area contributed by atoms with E-state index in [1.54, 1.807) is 0 Å². The molecule has 0 bridgehead atoms. The van der Waals surface area contributed by atoms with Crippen molar-refractivity contribution in [1.82, 2.24) is 0 Å². The summed E-state index contributed by atoms with van der Waals surface area (Å²) >= 11 is 0. The lowest BCUT2D eigenvalue weighted by Gasteiger charge is -2.05. The minimum Gasteiger partial charge on any atom is -0.432 e. The first-order valence-corrected chi connectivity index (χ1v) is 10.8. The van der Waals surface area contributed by atoms with E-state index in [-0.39, 0.29) is 0 Å². The minimum atomic E-state index is -0.706. The average Bonchev–Trinajstić information content (AvgIpc) is 2.62. The summed E-state index contributed by atoms with van der Waals surface area (Å²) in [6.07, 6.45) is 19.0. The van der Waals surface area contributed by atoms with Crippen molar-refractivity contribution in [1.29, 1.82) is 0 Å². The maximum atomic E-state index is 11.3. The van der Waals surface area contributed by atoms with E-state index in [0.29, 0.717) is 13.2 Å². The van der Waals surface area contributed by atoms with Gasteiger partial charge in [0.05, 0.1) is 13.2 Å². The lowest BCUT2D eigenvalue weighted by Crippen LogP contribution is -2.09. The number of rotatable bonds is 19. The second kappa shape index (κ2) is 21.3. The van der Waals surface area contributed by atoms with Crippen LogP contribution in [0.5, 0.6) is 0 Å². The minimum absolute atomic E-state index is 0.426. The SMILES string of the molecule is CCCCCCCCCCOOC(=O)OCCCCCCCCCC. The van der Waals surface area contributed by atoms with Gasteiger partial charge in [-0.05, 0) is 12.8 Å². The van der Waals surface area contributed by atoms with Gasteiger partial charge in [0.1, 0.15) is 0 Å². The maximum Gasteiger partial charge on any atom is 0.540 e. The first-order chi connectivity index (χ1) is 12.3. The Bertz CT molecular complexity index is 269. The van der Waals surface area contributed by atoms with Crippen LogP contribution in [0, 0.1) is 0 Å². The van der Waals surface area contributed by atoms with Crippen molar-refractivity contribution in [2.45, 2.75) is 117 Å². The van der Waals surface area contributed by atoms with Crippen molar-refractivity contribution in [3.63, 3.8) is 0 Å². The molecule has 0 radical (unpaired) electrons. The number of hydrogen-bond donors (Lipinski definition) is 0. The fraction of sp³-hybridized carbons (Fsp3) is 0.952. The molecule has 150 valence electrons. The number of carbonyl (C=O) groups is 1. The molecule has 0 saturated carbocycles. The van der Waals surface area contributed by atoms with Gasteiger partial charge in [0.25, 0.3) is 0 Å². The summed E-state index contributed by atoms with van der Waals surface area (Å²) in [5.41, 5.74) is 0. The molecule has 0 aromatic heterocycles.